The molecule has 1 N–H and O–H groups in total. The van der Waals surface area contributed by atoms with Crippen molar-refractivity contribution in [2.45, 2.75) is 37.8 Å². The van der Waals surface area contributed by atoms with Crippen LogP contribution in [0.5, 0.6) is 0 Å². The van der Waals surface area contributed by atoms with Crippen molar-refractivity contribution in [3.05, 3.63) is 135 Å². The highest BCUT2D eigenvalue weighted by molar-refractivity contribution is 7.92. The molecule has 4 aromatic rings. The summed E-state index contributed by atoms with van der Waals surface area (Å²) in [4.78, 5) is 40.5. The molecule has 2 amide bonds. The van der Waals surface area contributed by atoms with E-state index in [1.54, 1.807) is 42.5 Å². The molecular formula is C34H35ClN4O6S. The van der Waals surface area contributed by atoms with Crippen LogP contribution in [-0.2, 0) is 32.6 Å². The zero-order valence-electron chi connectivity index (χ0n) is 25.5. The van der Waals surface area contributed by atoms with Crippen LogP contribution < -0.4 is 9.62 Å². The minimum absolute atomic E-state index is 0.0760. The summed E-state index contributed by atoms with van der Waals surface area (Å²) in [5.41, 5.74) is 0.922. The largest absolute Gasteiger partial charge is 0.354 e. The molecule has 0 aliphatic carbocycles. The number of anilines is 1. The fourth-order valence-corrected chi connectivity index (χ4v) is 6.42. The lowest BCUT2D eigenvalue weighted by Crippen LogP contribution is -2.53. The lowest BCUT2D eigenvalue weighted by Gasteiger charge is -2.34. The third-order valence-electron chi connectivity index (χ3n) is 7.19. The Bertz CT molecular complexity index is 1770. The van der Waals surface area contributed by atoms with Crippen LogP contribution in [0.25, 0.3) is 0 Å². The van der Waals surface area contributed by atoms with Gasteiger partial charge in [0.05, 0.1) is 15.5 Å². The summed E-state index contributed by atoms with van der Waals surface area (Å²) >= 11 is 6.51. The number of nitrogens with one attached hydrogen (secondary N) is 1. The van der Waals surface area contributed by atoms with Crippen LogP contribution in [0.15, 0.2) is 114 Å². The Morgan fingerprint density at radius 3 is 2.15 bits per heavy atom. The zero-order chi connectivity index (χ0) is 33.3. The van der Waals surface area contributed by atoms with Gasteiger partial charge in [0, 0.05) is 36.7 Å². The van der Waals surface area contributed by atoms with Crippen molar-refractivity contribution in [3.63, 3.8) is 0 Å². The van der Waals surface area contributed by atoms with Gasteiger partial charge in [0.15, 0.2) is 0 Å². The lowest BCUT2D eigenvalue weighted by atomic mass is 10.0. The van der Waals surface area contributed by atoms with E-state index in [2.05, 4.69) is 5.32 Å². The van der Waals surface area contributed by atoms with Gasteiger partial charge in [-0.1, -0.05) is 98.2 Å². The first kappa shape index (κ1) is 34.1. The summed E-state index contributed by atoms with van der Waals surface area (Å²) in [6, 6.07) is 27.6. The number of nitro benzene ring substituents is 1. The van der Waals surface area contributed by atoms with Crippen molar-refractivity contribution >= 4 is 44.8 Å². The van der Waals surface area contributed by atoms with Gasteiger partial charge < -0.3 is 10.2 Å². The number of sulfonamides is 1. The molecule has 0 fully saturated rings. The molecule has 12 heteroatoms. The number of halogens is 1. The second-order valence-corrected chi connectivity index (χ2v) is 13.3. The van der Waals surface area contributed by atoms with E-state index in [0.29, 0.717) is 17.1 Å². The molecule has 4 rings (SSSR count). The Labute approximate surface area is 273 Å². The number of non-ortho nitro benzene ring substituents is 1. The van der Waals surface area contributed by atoms with Crippen LogP contribution in [0.4, 0.5) is 11.4 Å². The molecular weight excluding hydrogens is 628 g/mol. The number of nitro groups is 1. The first-order chi connectivity index (χ1) is 22.0. The van der Waals surface area contributed by atoms with Crippen LogP contribution in [0.1, 0.15) is 25.0 Å². The van der Waals surface area contributed by atoms with Gasteiger partial charge in [-0.3, -0.25) is 24.0 Å². The Morgan fingerprint density at radius 1 is 0.891 bits per heavy atom. The molecule has 0 aliphatic rings. The molecule has 0 aromatic heterocycles. The van der Waals surface area contributed by atoms with Crippen LogP contribution in [0.3, 0.4) is 0 Å². The standard InChI is InChI=1S/C34H35ClN4O6S/c1-25(2)22-36-34(41)32(20-26-12-5-3-6-13-26)37(23-27-14-9-10-19-31(27)35)33(40)24-38(28-15-11-16-29(21-28)39(42)43)46(44,45)30-17-7-4-8-18-30/h3-19,21,25,32H,20,22-24H2,1-2H3,(H,36,41)/t32-/m1/s1. The Morgan fingerprint density at radius 2 is 1.52 bits per heavy atom. The number of rotatable bonds is 14. The SMILES string of the molecule is CC(C)CNC(=O)[C@@H](Cc1ccccc1)N(Cc1ccccc1Cl)C(=O)CN(c1cccc([N+](=O)[O-])c1)S(=O)(=O)c1ccccc1. The summed E-state index contributed by atoms with van der Waals surface area (Å²) < 4.78 is 28.9. The molecule has 4 aromatic carbocycles. The van der Waals surface area contributed by atoms with Gasteiger partial charge in [-0.05, 0) is 41.3 Å². The molecule has 0 aliphatic heterocycles. The van der Waals surface area contributed by atoms with Crippen molar-refractivity contribution in [3.8, 4) is 0 Å². The lowest BCUT2D eigenvalue weighted by molar-refractivity contribution is -0.384. The normalized spacial score (nSPS) is 11.9. The molecule has 0 unspecified atom stereocenters. The third-order valence-corrected chi connectivity index (χ3v) is 9.35. The highest BCUT2D eigenvalue weighted by atomic mass is 35.5. The van der Waals surface area contributed by atoms with Gasteiger partial charge in [0.1, 0.15) is 12.6 Å². The van der Waals surface area contributed by atoms with E-state index in [1.807, 2.05) is 44.2 Å². The molecule has 0 saturated heterocycles. The summed E-state index contributed by atoms with van der Waals surface area (Å²) in [6.07, 6.45) is 0.142. The predicted molar refractivity (Wildman–Crippen MR) is 178 cm³/mol. The first-order valence-corrected chi connectivity index (χ1v) is 16.5. The minimum atomic E-state index is -4.40. The number of carbonyl (C=O) groups is 2. The summed E-state index contributed by atoms with van der Waals surface area (Å²) in [7, 11) is -4.40. The van der Waals surface area contributed by atoms with E-state index >= 15 is 0 Å². The van der Waals surface area contributed by atoms with Crippen molar-refractivity contribution in [1.82, 2.24) is 10.2 Å². The van der Waals surface area contributed by atoms with Gasteiger partial charge in [-0.2, -0.15) is 0 Å². The van der Waals surface area contributed by atoms with E-state index in [9.17, 15) is 28.1 Å². The topological polar surface area (TPSA) is 130 Å². The average molecular weight is 663 g/mol. The molecule has 10 nitrogen and oxygen atoms in total. The summed E-state index contributed by atoms with van der Waals surface area (Å²) in [5, 5.41) is 14.9. The molecule has 0 radical (unpaired) electrons. The van der Waals surface area contributed by atoms with Crippen molar-refractivity contribution in [2.75, 3.05) is 17.4 Å². The number of nitrogens with zero attached hydrogens (tertiary/aromatic N) is 3. The van der Waals surface area contributed by atoms with Crippen molar-refractivity contribution in [2.24, 2.45) is 5.92 Å². The highest BCUT2D eigenvalue weighted by Crippen LogP contribution is 2.28. The number of carbonyl (C=O) groups excluding carboxylic acids is 2. The van der Waals surface area contributed by atoms with Gasteiger partial charge in [0.25, 0.3) is 15.7 Å². The summed E-state index contributed by atoms with van der Waals surface area (Å²) in [6.45, 7) is 3.42. The molecule has 0 heterocycles. The first-order valence-electron chi connectivity index (χ1n) is 14.6. The molecule has 0 spiro atoms. The van der Waals surface area contributed by atoms with Gasteiger partial charge >= 0.3 is 0 Å². The van der Waals surface area contributed by atoms with Gasteiger partial charge in [0.2, 0.25) is 11.8 Å². The second-order valence-electron chi connectivity index (χ2n) is 11.1. The minimum Gasteiger partial charge on any atom is -0.354 e. The zero-order valence-corrected chi connectivity index (χ0v) is 27.0. The van der Waals surface area contributed by atoms with E-state index in [4.69, 9.17) is 11.6 Å². The van der Waals surface area contributed by atoms with E-state index in [-0.39, 0.29) is 35.2 Å². The number of hydrogen-bond acceptors (Lipinski definition) is 6. The maximum atomic E-state index is 14.5. The fourth-order valence-electron chi connectivity index (χ4n) is 4.80. The number of benzene rings is 4. The Hall–Kier alpha value is -4.74. The quantitative estimate of drug-likeness (QED) is 0.133. The van der Waals surface area contributed by atoms with E-state index in [1.165, 1.54) is 35.2 Å². The maximum absolute atomic E-state index is 14.5. The van der Waals surface area contributed by atoms with Crippen LogP contribution in [-0.4, -0.2) is 49.2 Å². The average Bonchev–Trinajstić information content (AvgIpc) is 3.05. The number of hydrogen-bond donors (Lipinski definition) is 1. The monoisotopic (exact) mass is 662 g/mol. The maximum Gasteiger partial charge on any atom is 0.271 e. The van der Waals surface area contributed by atoms with Gasteiger partial charge in [-0.15, -0.1) is 0 Å². The summed E-state index contributed by atoms with van der Waals surface area (Å²) in [5.74, 6) is -0.980. The van der Waals surface area contributed by atoms with Gasteiger partial charge in [-0.25, -0.2) is 8.42 Å². The van der Waals surface area contributed by atoms with Crippen molar-refractivity contribution in [1.29, 1.82) is 0 Å². The highest BCUT2D eigenvalue weighted by Gasteiger charge is 2.35. The Balaban J connectivity index is 1.83. The Kier molecular flexibility index (Phi) is 11.5. The van der Waals surface area contributed by atoms with E-state index < -0.39 is 39.3 Å². The van der Waals surface area contributed by atoms with Crippen LogP contribution >= 0.6 is 11.6 Å². The number of amides is 2. The molecule has 0 bridgehead atoms. The smallest absolute Gasteiger partial charge is 0.271 e. The molecule has 240 valence electrons. The van der Waals surface area contributed by atoms with Crippen molar-refractivity contribution < 1.29 is 22.9 Å². The van der Waals surface area contributed by atoms with Crippen LogP contribution in [0.2, 0.25) is 5.02 Å². The second kappa shape index (κ2) is 15.5. The molecule has 46 heavy (non-hydrogen) atoms. The third kappa shape index (κ3) is 8.70. The van der Waals surface area contributed by atoms with E-state index in [0.717, 1.165) is 15.9 Å². The molecule has 0 saturated carbocycles. The predicted octanol–water partition coefficient (Wildman–Crippen LogP) is 5.86. The van der Waals surface area contributed by atoms with Crippen LogP contribution in [0, 0.1) is 16.0 Å². The molecule has 1 atom stereocenters. The fraction of sp³-hybridized carbons (Fsp3) is 0.235.